The molecule has 0 aromatic carbocycles. The molecule has 0 amide bonds. The first kappa shape index (κ1) is 14.3. The maximum absolute atomic E-state index is 10.6. The maximum Gasteiger partial charge on any atom is 0.309 e. The van der Waals surface area contributed by atoms with Gasteiger partial charge in [0.05, 0.1) is 12.1 Å². The molecule has 5 heteroatoms. The van der Waals surface area contributed by atoms with Gasteiger partial charge in [0.25, 0.3) is 0 Å². The van der Waals surface area contributed by atoms with Crippen molar-refractivity contribution < 1.29 is 9.90 Å². The molecule has 0 radical (unpaired) electrons. The van der Waals surface area contributed by atoms with Crippen molar-refractivity contribution >= 4 is 22.4 Å². The van der Waals surface area contributed by atoms with Crippen LogP contribution in [0.25, 0.3) is 0 Å². The van der Waals surface area contributed by atoms with Gasteiger partial charge in [0.15, 0.2) is 5.13 Å². The molecule has 4 nitrogen and oxygen atoms in total. The fourth-order valence-electron chi connectivity index (χ4n) is 2.63. The van der Waals surface area contributed by atoms with Gasteiger partial charge in [0, 0.05) is 11.9 Å². The Labute approximate surface area is 118 Å². The number of nitrogens with one attached hydrogen (secondary N) is 1. The summed E-state index contributed by atoms with van der Waals surface area (Å²) in [6.45, 7) is 3.28. The van der Waals surface area contributed by atoms with Crippen molar-refractivity contribution in [2.75, 3.05) is 11.9 Å². The zero-order valence-corrected chi connectivity index (χ0v) is 12.2. The highest BCUT2D eigenvalue weighted by Gasteiger charge is 2.17. The number of rotatable bonds is 6. The summed E-state index contributed by atoms with van der Waals surface area (Å²) >= 11 is 1.49. The second-order valence-corrected chi connectivity index (χ2v) is 6.41. The van der Waals surface area contributed by atoms with Gasteiger partial charge in [-0.05, 0) is 18.3 Å². The van der Waals surface area contributed by atoms with E-state index in [2.05, 4.69) is 17.2 Å². The molecule has 0 atom stereocenters. The predicted octanol–water partition coefficient (Wildman–Crippen LogP) is 3.40. The Bertz CT molecular complexity index is 411. The first-order valence-corrected chi connectivity index (χ1v) is 7.91. The van der Waals surface area contributed by atoms with E-state index >= 15 is 0 Å². The van der Waals surface area contributed by atoms with Crippen molar-refractivity contribution in [3.63, 3.8) is 0 Å². The minimum atomic E-state index is -0.826. The van der Waals surface area contributed by atoms with Crippen LogP contribution in [-0.2, 0) is 11.2 Å². The summed E-state index contributed by atoms with van der Waals surface area (Å²) in [4.78, 5) is 14.8. The van der Waals surface area contributed by atoms with Gasteiger partial charge in [-0.2, -0.15) is 0 Å². The van der Waals surface area contributed by atoms with E-state index in [4.69, 9.17) is 5.11 Å². The van der Waals surface area contributed by atoms with Gasteiger partial charge in [0.2, 0.25) is 0 Å². The SMILES string of the molecule is CC1CCC(CCNc2nc(CC(=O)O)cs2)CC1. The molecule has 106 valence electrons. The van der Waals surface area contributed by atoms with Gasteiger partial charge in [0.1, 0.15) is 0 Å². The molecule has 19 heavy (non-hydrogen) atoms. The predicted molar refractivity (Wildman–Crippen MR) is 77.7 cm³/mol. The van der Waals surface area contributed by atoms with Crippen LogP contribution >= 0.6 is 11.3 Å². The number of anilines is 1. The van der Waals surface area contributed by atoms with Gasteiger partial charge >= 0.3 is 5.97 Å². The van der Waals surface area contributed by atoms with E-state index in [-0.39, 0.29) is 6.42 Å². The number of carboxylic acids is 1. The van der Waals surface area contributed by atoms with Crippen molar-refractivity contribution in [3.8, 4) is 0 Å². The van der Waals surface area contributed by atoms with Crippen LogP contribution in [0.2, 0.25) is 0 Å². The van der Waals surface area contributed by atoms with Crippen LogP contribution in [-0.4, -0.2) is 22.6 Å². The highest BCUT2D eigenvalue weighted by atomic mass is 32.1. The second-order valence-electron chi connectivity index (χ2n) is 5.56. The highest BCUT2D eigenvalue weighted by Crippen LogP contribution is 2.30. The monoisotopic (exact) mass is 282 g/mol. The number of carboxylic acid groups (broad SMARTS) is 1. The highest BCUT2D eigenvalue weighted by molar-refractivity contribution is 7.13. The molecular weight excluding hydrogens is 260 g/mol. The van der Waals surface area contributed by atoms with E-state index in [9.17, 15) is 4.79 Å². The van der Waals surface area contributed by atoms with Crippen molar-refractivity contribution in [1.29, 1.82) is 0 Å². The maximum atomic E-state index is 10.6. The fraction of sp³-hybridized carbons (Fsp3) is 0.714. The largest absolute Gasteiger partial charge is 0.481 e. The van der Waals surface area contributed by atoms with E-state index in [1.54, 1.807) is 0 Å². The molecule has 1 fully saturated rings. The van der Waals surface area contributed by atoms with Crippen molar-refractivity contribution in [1.82, 2.24) is 4.98 Å². The number of aromatic nitrogens is 1. The molecule has 0 unspecified atom stereocenters. The summed E-state index contributed by atoms with van der Waals surface area (Å²) in [5.41, 5.74) is 0.645. The molecule has 1 aromatic heterocycles. The van der Waals surface area contributed by atoms with E-state index in [1.165, 1.54) is 43.4 Å². The summed E-state index contributed by atoms with van der Waals surface area (Å²) in [5.74, 6) is 0.928. The zero-order valence-electron chi connectivity index (χ0n) is 11.4. The Balaban J connectivity index is 1.68. The molecule has 1 aromatic rings. The summed E-state index contributed by atoms with van der Waals surface area (Å²) in [6, 6.07) is 0. The van der Waals surface area contributed by atoms with Crippen LogP contribution in [0.3, 0.4) is 0 Å². The minimum absolute atomic E-state index is 0.0126. The van der Waals surface area contributed by atoms with Gasteiger partial charge < -0.3 is 10.4 Å². The zero-order chi connectivity index (χ0) is 13.7. The standard InChI is InChI=1S/C14H22N2O2S/c1-10-2-4-11(5-3-10)6-7-15-14-16-12(9-19-14)8-13(17)18/h9-11H,2-8H2,1H3,(H,15,16)(H,17,18). The summed E-state index contributed by atoms with van der Waals surface area (Å²) in [5, 5.41) is 14.7. The third kappa shape index (κ3) is 4.82. The van der Waals surface area contributed by atoms with Crippen molar-refractivity contribution in [3.05, 3.63) is 11.1 Å². The lowest BCUT2D eigenvalue weighted by Crippen LogP contribution is -2.15. The molecule has 2 N–H and O–H groups in total. The third-order valence-corrected chi connectivity index (χ3v) is 4.70. The second kappa shape index (κ2) is 6.89. The molecule has 2 rings (SSSR count). The molecule has 0 bridgehead atoms. The Hall–Kier alpha value is -1.10. The van der Waals surface area contributed by atoms with Gasteiger partial charge in [-0.3, -0.25) is 4.79 Å². The van der Waals surface area contributed by atoms with Crippen molar-refractivity contribution in [2.24, 2.45) is 11.8 Å². The normalized spacial score (nSPS) is 23.2. The number of hydrogen-bond acceptors (Lipinski definition) is 4. The van der Waals surface area contributed by atoms with Crippen LogP contribution in [0, 0.1) is 11.8 Å². The molecule has 1 aliphatic carbocycles. The molecule has 1 heterocycles. The molecular formula is C14H22N2O2S. The van der Waals surface area contributed by atoms with E-state index in [0.29, 0.717) is 5.69 Å². The average molecular weight is 282 g/mol. The van der Waals surface area contributed by atoms with Crippen LogP contribution in [0.5, 0.6) is 0 Å². The Morgan fingerprint density at radius 2 is 2.21 bits per heavy atom. The topological polar surface area (TPSA) is 62.2 Å². The lowest BCUT2D eigenvalue weighted by molar-refractivity contribution is -0.136. The van der Waals surface area contributed by atoms with Crippen molar-refractivity contribution in [2.45, 2.75) is 45.4 Å². The molecule has 1 aliphatic rings. The lowest BCUT2D eigenvalue weighted by Gasteiger charge is -2.26. The van der Waals surface area contributed by atoms with Crippen LogP contribution < -0.4 is 5.32 Å². The molecule has 0 saturated heterocycles. The molecule has 1 saturated carbocycles. The van der Waals surface area contributed by atoms with Crippen LogP contribution in [0.15, 0.2) is 5.38 Å². The van der Waals surface area contributed by atoms with Gasteiger partial charge in [-0.25, -0.2) is 4.98 Å². The quantitative estimate of drug-likeness (QED) is 0.839. The number of aliphatic carboxylic acids is 1. The molecule has 0 spiro atoms. The first-order chi connectivity index (χ1) is 9.13. The van der Waals surface area contributed by atoms with E-state index in [1.807, 2.05) is 5.38 Å². The van der Waals surface area contributed by atoms with Gasteiger partial charge in [-0.1, -0.05) is 32.6 Å². The molecule has 0 aliphatic heterocycles. The van der Waals surface area contributed by atoms with E-state index < -0.39 is 5.97 Å². The smallest absolute Gasteiger partial charge is 0.309 e. The summed E-state index contributed by atoms with van der Waals surface area (Å²) in [7, 11) is 0. The summed E-state index contributed by atoms with van der Waals surface area (Å²) in [6.07, 6.45) is 6.64. The Morgan fingerprint density at radius 3 is 2.89 bits per heavy atom. The average Bonchev–Trinajstić information content (AvgIpc) is 2.78. The number of nitrogens with zero attached hydrogens (tertiary/aromatic N) is 1. The first-order valence-electron chi connectivity index (χ1n) is 7.03. The lowest BCUT2D eigenvalue weighted by atomic mass is 9.81. The number of hydrogen-bond donors (Lipinski definition) is 2. The number of thiazole rings is 1. The minimum Gasteiger partial charge on any atom is -0.481 e. The summed E-state index contributed by atoms with van der Waals surface area (Å²) < 4.78 is 0. The Kier molecular flexibility index (Phi) is 5.19. The third-order valence-electron chi connectivity index (χ3n) is 3.85. The van der Waals surface area contributed by atoms with E-state index in [0.717, 1.165) is 23.5 Å². The van der Waals surface area contributed by atoms with Crippen LogP contribution in [0.4, 0.5) is 5.13 Å². The Morgan fingerprint density at radius 1 is 1.47 bits per heavy atom. The van der Waals surface area contributed by atoms with Gasteiger partial charge in [-0.15, -0.1) is 11.3 Å². The van der Waals surface area contributed by atoms with Crippen LogP contribution in [0.1, 0.15) is 44.7 Å². The number of carbonyl (C=O) groups is 1. The fourth-order valence-corrected chi connectivity index (χ4v) is 3.36.